The van der Waals surface area contributed by atoms with Crippen LogP contribution >= 0.6 is 11.8 Å². The maximum absolute atomic E-state index is 13.5. The number of nitrogens with zero attached hydrogens (tertiary/aromatic N) is 5. The quantitative estimate of drug-likeness (QED) is 0.255. The van der Waals surface area contributed by atoms with Gasteiger partial charge in [0.25, 0.3) is 0 Å². The molecule has 0 aliphatic rings. The molecule has 7 nitrogen and oxygen atoms in total. The molecule has 0 unspecified atom stereocenters. The fourth-order valence-corrected chi connectivity index (χ4v) is 4.60. The van der Waals surface area contributed by atoms with E-state index < -0.39 is 0 Å². The number of ether oxygens (including phenoxy) is 1. The molecule has 0 saturated carbocycles. The number of carbonyl (C=O) groups is 1. The number of para-hydroxylation sites is 2. The summed E-state index contributed by atoms with van der Waals surface area (Å²) in [6.07, 6.45) is 3.44. The normalized spacial score (nSPS) is 10.7. The molecule has 3 aromatic carbocycles. The van der Waals surface area contributed by atoms with Gasteiger partial charge >= 0.3 is 0 Å². The maximum Gasteiger partial charge on any atom is 0.242 e. The van der Waals surface area contributed by atoms with E-state index in [0.717, 1.165) is 28.4 Å². The molecule has 0 spiro atoms. The topological polar surface area (TPSA) is 73.1 Å². The van der Waals surface area contributed by atoms with Crippen LogP contribution in [0.1, 0.15) is 0 Å². The molecule has 0 atom stereocenters. The number of benzene rings is 3. The van der Waals surface area contributed by atoms with Crippen LogP contribution in [0.25, 0.3) is 17.1 Å². The first-order chi connectivity index (χ1) is 17.7. The summed E-state index contributed by atoms with van der Waals surface area (Å²) in [5, 5.41) is 9.51. The Morgan fingerprint density at radius 2 is 1.44 bits per heavy atom. The highest BCUT2D eigenvalue weighted by atomic mass is 32.2. The van der Waals surface area contributed by atoms with Crippen molar-refractivity contribution in [1.29, 1.82) is 0 Å². The number of anilines is 2. The second-order valence-corrected chi connectivity index (χ2v) is 8.71. The first-order valence-electron chi connectivity index (χ1n) is 11.3. The van der Waals surface area contributed by atoms with Crippen molar-refractivity contribution in [3.05, 3.63) is 109 Å². The summed E-state index contributed by atoms with van der Waals surface area (Å²) in [5.41, 5.74) is 3.36. The predicted octanol–water partition coefficient (Wildman–Crippen LogP) is 5.79. The monoisotopic (exact) mass is 493 g/mol. The molecule has 0 bridgehead atoms. The van der Waals surface area contributed by atoms with Gasteiger partial charge in [0.15, 0.2) is 11.0 Å². The third-order valence-electron chi connectivity index (χ3n) is 5.51. The van der Waals surface area contributed by atoms with E-state index >= 15 is 0 Å². The highest BCUT2D eigenvalue weighted by Crippen LogP contribution is 2.31. The Labute approximate surface area is 213 Å². The van der Waals surface area contributed by atoms with Crippen molar-refractivity contribution in [3.63, 3.8) is 0 Å². The van der Waals surface area contributed by atoms with E-state index in [-0.39, 0.29) is 11.7 Å². The second kappa shape index (κ2) is 10.9. The van der Waals surface area contributed by atoms with Crippen LogP contribution < -0.4 is 9.64 Å². The van der Waals surface area contributed by atoms with Gasteiger partial charge in [-0.15, -0.1) is 10.2 Å². The lowest BCUT2D eigenvalue weighted by Crippen LogP contribution is -2.27. The number of hydrogen-bond donors (Lipinski definition) is 0. The Bertz CT molecular complexity index is 1390. The summed E-state index contributed by atoms with van der Waals surface area (Å²) in [4.78, 5) is 19.4. The predicted molar refractivity (Wildman–Crippen MR) is 142 cm³/mol. The third-order valence-corrected chi connectivity index (χ3v) is 6.42. The van der Waals surface area contributed by atoms with E-state index in [1.807, 2.05) is 102 Å². The largest absolute Gasteiger partial charge is 0.497 e. The van der Waals surface area contributed by atoms with Crippen molar-refractivity contribution in [2.24, 2.45) is 0 Å². The van der Waals surface area contributed by atoms with Crippen LogP contribution in [0.4, 0.5) is 11.4 Å². The Hall–Kier alpha value is -4.43. The summed E-state index contributed by atoms with van der Waals surface area (Å²) >= 11 is 1.34. The summed E-state index contributed by atoms with van der Waals surface area (Å²) in [6, 6.07) is 30.7. The number of amides is 1. The second-order valence-electron chi connectivity index (χ2n) is 7.76. The molecule has 8 heteroatoms. The molecule has 1 amide bonds. The van der Waals surface area contributed by atoms with Crippen molar-refractivity contribution >= 4 is 29.0 Å². The Kier molecular flexibility index (Phi) is 7.05. The van der Waals surface area contributed by atoms with Crippen molar-refractivity contribution in [2.75, 3.05) is 17.8 Å². The van der Waals surface area contributed by atoms with Crippen LogP contribution in [-0.2, 0) is 4.79 Å². The van der Waals surface area contributed by atoms with Gasteiger partial charge in [-0.25, -0.2) is 0 Å². The van der Waals surface area contributed by atoms with Gasteiger partial charge in [0.1, 0.15) is 5.75 Å². The van der Waals surface area contributed by atoms with E-state index in [9.17, 15) is 4.79 Å². The zero-order valence-electron chi connectivity index (χ0n) is 19.6. The van der Waals surface area contributed by atoms with Gasteiger partial charge in [-0.2, -0.15) is 0 Å². The number of pyridine rings is 1. The minimum Gasteiger partial charge on any atom is -0.497 e. The van der Waals surface area contributed by atoms with Gasteiger partial charge in [-0.3, -0.25) is 19.2 Å². The van der Waals surface area contributed by atoms with E-state index in [0.29, 0.717) is 11.0 Å². The minimum absolute atomic E-state index is 0.0628. The number of hydrogen-bond acceptors (Lipinski definition) is 6. The van der Waals surface area contributed by atoms with Crippen molar-refractivity contribution in [2.45, 2.75) is 5.16 Å². The number of thioether (sulfide) groups is 1. The molecule has 0 fully saturated rings. The third kappa shape index (κ3) is 4.99. The summed E-state index contributed by atoms with van der Waals surface area (Å²) in [6.45, 7) is 0. The van der Waals surface area contributed by atoms with Crippen LogP contribution in [0, 0.1) is 0 Å². The molecular formula is C28H23N5O2S. The number of carbonyl (C=O) groups excluding carboxylic acids is 1. The smallest absolute Gasteiger partial charge is 0.242 e. The van der Waals surface area contributed by atoms with Crippen molar-refractivity contribution < 1.29 is 9.53 Å². The molecule has 5 aromatic rings. The lowest BCUT2D eigenvalue weighted by atomic mass is 10.2. The molecule has 0 radical (unpaired) electrons. The van der Waals surface area contributed by atoms with Gasteiger partial charge in [0.2, 0.25) is 5.91 Å². The molecule has 36 heavy (non-hydrogen) atoms. The first kappa shape index (κ1) is 23.3. The SMILES string of the molecule is COc1ccc(-n2c(SCC(=O)N(c3ccccc3)c3ccccc3)nnc2-c2ccncc2)cc1. The van der Waals surface area contributed by atoms with Crippen LogP contribution in [0.5, 0.6) is 5.75 Å². The minimum atomic E-state index is -0.0628. The highest BCUT2D eigenvalue weighted by molar-refractivity contribution is 7.99. The molecular weight excluding hydrogens is 470 g/mol. The number of methoxy groups -OCH3 is 1. The molecule has 2 aromatic heterocycles. The van der Waals surface area contributed by atoms with E-state index in [4.69, 9.17) is 4.74 Å². The number of rotatable bonds is 8. The lowest BCUT2D eigenvalue weighted by Gasteiger charge is -2.23. The molecule has 0 aliphatic heterocycles. The van der Waals surface area contributed by atoms with Crippen LogP contribution in [0.3, 0.4) is 0 Å². The Morgan fingerprint density at radius 1 is 0.833 bits per heavy atom. The van der Waals surface area contributed by atoms with E-state index in [2.05, 4.69) is 15.2 Å². The Balaban J connectivity index is 1.47. The summed E-state index contributed by atoms with van der Waals surface area (Å²) in [7, 11) is 1.63. The molecule has 0 saturated heterocycles. The summed E-state index contributed by atoms with van der Waals surface area (Å²) < 4.78 is 7.26. The maximum atomic E-state index is 13.5. The van der Waals surface area contributed by atoms with E-state index in [1.54, 1.807) is 24.4 Å². The highest BCUT2D eigenvalue weighted by Gasteiger charge is 2.21. The van der Waals surface area contributed by atoms with Gasteiger partial charge in [-0.1, -0.05) is 48.2 Å². The van der Waals surface area contributed by atoms with E-state index in [1.165, 1.54) is 11.8 Å². The lowest BCUT2D eigenvalue weighted by molar-refractivity contribution is -0.115. The standard InChI is InChI=1S/C28H23N5O2S/c1-35-25-14-12-24(13-15-25)33-27(21-16-18-29-19-17-21)30-31-28(33)36-20-26(34)32(22-8-4-2-5-9-22)23-10-6-3-7-11-23/h2-19H,20H2,1H3. The molecule has 5 rings (SSSR count). The van der Waals surface area contributed by atoms with Gasteiger partial charge in [-0.05, 0) is 60.7 Å². The number of aromatic nitrogens is 4. The first-order valence-corrected chi connectivity index (χ1v) is 12.3. The van der Waals surface area contributed by atoms with Crippen molar-refractivity contribution in [1.82, 2.24) is 19.7 Å². The molecule has 0 aliphatic carbocycles. The zero-order chi connectivity index (χ0) is 24.7. The van der Waals surface area contributed by atoms with Crippen LogP contribution in [0.15, 0.2) is 115 Å². The van der Waals surface area contributed by atoms with Gasteiger partial charge < -0.3 is 4.74 Å². The Morgan fingerprint density at radius 3 is 2.03 bits per heavy atom. The van der Waals surface area contributed by atoms with Crippen LogP contribution in [-0.4, -0.2) is 38.5 Å². The summed E-state index contributed by atoms with van der Waals surface area (Å²) in [5.74, 6) is 1.53. The fraction of sp³-hybridized carbons (Fsp3) is 0.0714. The van der Waals surface area contributed by atoms with Gasteiger partial charge in [0.05, 0.1) is 12.9 Å². The average Bonchev–Trinajstić information content (AvgIpc) is 3.38. The molecule has 2 heterocycles. The molecule has 0 N–H and O–H groups in total. The molecule has 178 valence electrons. The van der Waals surface area contributed by atoms with Gasteiger partial charge in [0, 0.05) is 35.0 Å². The van der Waals surface area contributed by atoms with Crippen molar-refractivity contribution in [3.8, 4) is 22.8 Å². The zero-order valence-corrected chi connectivity index (χ0v) is 20.4. The fourth-order valence-electron chi connectivity index (χ4n) is 3.80. The average molecular weight is 494 g/mol. The van der Waals surface area contributed by atoms with Crippen LogP contribution in [0.2, 0.25) is 0 Å².